The van der Waals surface area contributed by atoms with Crippen molar-refractivity contribution >= 4 is 26.7 Å². The second-order valence-corrected chi connectivity index (χ2v) is 8.25. The van der Waals surface area contributed by atoms with E-state index in [0.717, 1.165) is 28.4 Å². The van der Waals surface area contributed by atoms with Crippen LogP contribution in [-0.4, -0.2) is 5.11 Å². The summed E-state index contributed by atoms with van der Waals surface area (Å²) in [6, 6.07) is 21.1. The molecule has 0 saturated carbocycles. The van der Waals surface area contributed by atoms with Crippen molar-refractivity contribution < 1.29 is 5.11 Å². The van der Waals surface area contributed by atoms with Gasteiger partial charge in [0.2, 0.25) is 0 Å². The van der Waals surface area contributed by atoms with Gasteiger partial charge in [0.1, 0.15) is 0 Å². The van der Waals surface area contributed by atoms with E-state index in [1.54, 1.807) is 0 Å². The Labute approximate surface area is 171 Å². The first-order valence-corrected chi connectivity index (χ1v) is 11.0. The molecule has 0 aliphatic rings. The predicted octanol–water partition coefficient (Wildman–Crippen LogP) is 8.05. The zero-order valence-corrected chi connectivity index (χ0v) is 17.7. The lowest BCUT2D eigenvalue weighted by Gasteiger charge is -2.18. The molecule has 0 saturated heterocycles. The fraction of sp³-hybridized carbons (Fsp3) is 0.360. The molecule has 0 aliphatic carbocycles. The van der Waals surface area contributed by atoms with Crippen LogP contribution < -0.4 is 0 Å². The number of hydrogen-bond donors (Lipinski definition) is 1. The van der Waals surface area contributed by atoms with E-state index in [4.69, 9.17) is 0 Å². The maximum absolute atomic E-state index is 10.9. The summed E-state index contributed by atoms with van der Waals surface area (Å²) in [5, 5.41) is 13.4. The second kappa shape index (κ2) is 10.1. The van der Waals surface area contributed by atoms with Crippen LogP contribution in [0, 0.1) is 0 Å². The third-order valence-electron chi connectivity index (χ3n) is 5.28. The standard InChI is InChI=1S/C25H29BrO/c1-2-3-4-5-6-7-15-25(27)24-18-20(26)16-17-23(24)22-14-10-12-19-11-8-9-13-21(19)22/h8-14,16-18,25,27H,2-7,15H2,1H3. The molecule has 1 atom stereocenters. The van der Waals surface area contributed by atoms with Crippen molar-refractivity contribution in [1.82, 2.24) is 0 Å². The summed E-state index contributed by atoms with van der Waals surface area (Å²) < 4.78 is 1.02. The highest BCUT2D eigenvalue weighted by molar-refractivity contribution is 9.10. The van der Waals surface area contributed by atoms with Crippen molar-refractivity contribution in [1.29, 1.82) is 0 Å². The van der Waals surface area contributed by atoms with Gasteiger partial charge in [0.15, 0.2) is 0 Å². The van der Waals surface area contributed by atoms with Gasteiger partial charge in [0.05, 0.1) is 6.10 Å². The Morgan fingerprint density at radius 1 is 0.815 bits per heavy atom. The van der Waals surface area contributed by atoms with Crippen LogP contribution in [0.5, 0.6) is 0 Å². The topological polar surface area (TPSA) is 20.2 Å². The Kier molecular flexibility index (Phi) is 7.49. The molecule has 0 radical (unpaired) electrons. The monoisotopic (exact) mass is 424 g/mol. The molecule has 0 bridgehead atoms. The van der Waals surface area contributed by atoms with Crippen LogP contribution in [0.15, 0.2) is 65.1 Å². The fourth-order valence-electron chi connectivity index (χ4n) is 3.79. The van der Waals surface area contributed by atoms with Crippen LogP contribution in [0.2, 0.25) is 0 Å². The van der Waals surface area contributed by atoms with Crippen molar-refractivity contribution in [2.24, 2.45) is 0 Å². The number of unbranched alkanes of at least 4 members (excludes halogenated alkanes) is 5. The van der Waals surface area contributed by atoms with Crippen LogP contribution in [0.3, 0.4) is 0 Å². The highest BCUT2D eigenvalue weighted by atomic mass is 79.9. The maximum atomic E-state index is 10.9. The van der Waals surface area contributed by atoms with E-state index < -0.39 is 6.10 Å². The number of halogens is 1. The first kappa shape index (κ1) is 20.1. The van der Waals surface area contributed by atoms with Gasteiger partial charge in [-0.3, -0.25) is 0 Å². The molecule has 2 heteroatoms. The van der Waals surface area contributed by atoms with Crippen molar-refractivity contribution in [3.05, 3.63) is 70.7 Å². The van der Waals surface area contributed by atoms with E-state index >= 15 is 0 Å². The summed E-state index contributed by atoms with van der Waals surface area (Å²) in [4.78, 5) is 0. The molecule has 0 fully saturated rings. The lowest BCUT2D eigenvalue weighted by atomic mass is 9.91. The molecule has 1 unspecified atom stereocenters. The smallest absolute Gasteiger partial charge is 0.0796 e. The number of benzene rings is 3. The van der Waals surface area contributed by atoms with Gasteiger partial charge in [0.25, 0.3) is 0 Å². The Hall–Kier alpha value is -1.64. The van der Waals surface area contributed by atoms with Gasteiger partial charge < -0.3 is 5.11 Å². The van der Waals surface area contributed by atoms with Gasteiger partial charge in [-0.15, -0.1) is 0 Å². The minimum absolute atomic E-state index is 0.428. The Balaban J connectivity index is 1.83. The maximum Gasteiger partial charge on any atom is 0.0796 e. The number of aliphatic hydroxyl groups is 1. The Morgan fingerprint density at radius 3 is 2.41 bits per heavy atom. The van der Waals surface area contributed by atoms with Crippen molar-refractivity contribution in [3.8, 4) is 11.1 Å². The molecule has 142 valence electrons. The minimum Gasteiger partial charge on any atom is -0.388 e. The average molecular weight is 425 g/mol. The molecule has 1 nitrogen and oxygen atoms in total. The van der Waals surface area contributed by atoms with Crippen molar-refractivity contribution in [3.63, 3.8) is 0 Å². The summed E-state index contributed by atoms with van der Waals surface area (Å²) in [5.74, 6) is 0. The number of rotatable bonds is 9. The number of hydrogen-bond acceptors (Lipinski definition) is 1. The minimum atomic E-state index is -0.428. The van der Waals surface area contributed by atoms with Crippen molar-refractivity contribution in [2.75, 3.05) is 0 Å². The molecule has 0 aliphatic heterocycles. The van der Waals surface area contributed by atoms with E-state index in [2.05, 4.69) is 83.5 Å². The first-order chi connectivity index (χ1) is 13.2. The molecule has 0 aromatic heterocycles. The molecule has 3 aromatic rings. The molecular formula is C25H29BrO. The summed E-state index contributed by atoms with van der Waals surface area (Å²) in [6.45, 7) is 2.24. The third-order valence-corrected chi connectivity index (χ3v) is 5.78. The van der Waals surface area contributed by atoms with Crippen molar-refractivity contribution in [2.45, 2.75) is 58.0 Å². The number of aliphatic hydroxyl groups excluding tert-OH is 1. The molecule has 0 spiro atoms. The fourth-order valence-corrected chi connectivity index (χ4v) is 4.17. The SMILES string of the molecule is CCCCCCCCC(O)c1cc(Br)ccc1-c1cccc2ccccc12. The van der Waals surface area contributed by atoms with Gasteiger partial charge in [-0.05, 0) is 46.0 Å². The van der Waals surface area contributed by atoms with Gasteiger partial charge in [-0.1, -0.05) is 110 Å². The van der Waals surface area contributed by atoms with Gasteiger partial charge in [-0.25, -0.2) is 0 Å². The van der Waals surface area contributed by atoms with E-state index in [9.17, 15) is 5.11 Å². The first-order valence-electron chi connectivity index (χ1n) is 10.2. The lowest BCUT2D eigenvalue weighted by molar-refractivity contribution is 0.164. The predicted molar refractivity (Wildman–Crippen MR) is 120 cm³/mol. The largest absolute Gasteiger partial charge is 0.388 e. The lowest BCUT2D eigenvalue weighted by Crippen LogP contribution is -2.01. The van der Waals surface area contributed by atoms with Crippen LogP contribution in [0.25, 0.3) is 21.9 Å². The summed E-state index contributed by atoms with van der Waals surface area (Å²) in [7, 11) is 0. The highest BCUT2D eigenvalue weighted by Gasteiger charge is 2.15. The molecule has 1 N–H and O–H groups in total. The second-order valence-electron chi connectivity index (χ2n) is 7.33. The molecule has 3 rings (SSSR count). The normalized spacial score (nSPS) is 12.4. The quantitative estimate of drug-likeness (QED) is 0.344. The zero-order chi connectivity index (χ0) is 19.1. The van der Waals surface area contributed by atoms with Crippen LogP contribution in [-0.2, 0) is 0 Å². The molecule has 3 aromatic carbocycles. The molecular weight excluding hydrogens is 396 g/mol. The van der Waals surface area contributed by atoms with Gasteiger partial charge in [0, 0.05) is 4.47 Å². The number of fused-ring (bicyclic) bond motifs is 1. The highest BCUT2D eigenvalue weighted by Crippen LogP contribution is 2.36. The van der Waals surface area contributed by atoms with E-state index in [-0.39, 0.29) is 0 Å². The van der Waals surface area contributed by atoms with Crippen LogP contribution in [0.4, 0.5) is 0 Å². The summed E-state index contributed by atoms with van der Waals surface area (Å²) in [5.41, 5.74) is 3.35. The van der Waals surface area contributed by atoms with Gasteiger partial charge in [-0.2, -0.15) is 0 Å². The van der Waals surface area contributed by atoms with Crippen LogP contribution >= 0.6 is 15.9 Å². The Morgan fingerprint density at radius 2 is 1.56 bits per heavy atom. The molecule has 0 heterocycles. The van der Waals surface area contributed by atoms with Gasteiger partial charge >= 0.3 is 0 Å². The van der Waals surface area contributed by atoms with E-state index in [0.29, 0.717) is 0 Å². The average Bonchev–Trinajstić information content (AvgIpc) is 2.70. The van der Waals surface area contributed by atoms with E-state index in [1.807, 2.05) is 0 Å². The summed E-state index contributed by atoms with van der Waals surface area (Å²) in [6.07, 6.45) is 7.85. The Bertz CT molecular complexity index is 866. The summed E-state index contributed by atoms with van der Waals surface area (Å²) >= 11 is 3.59. The van der Waals surface area contributed by atoms with E-state index in [1.165, 1.54) is 48.4 Å². The zero-order valence-electron chi connectivity index (χ0n) is 16.1. The van der Waals surface area contributed by atoms with Crippen LogP contribution in [0.1, 0.15) is 63.5 Å². The third kappa shape index (κ3) is 5.21. The molecule has 27 heavy (non-hydrogen) atoms. The molecule has 0 amide bonds.